The third-order valence-corrected chi connectivity index (χ3v) is 2.86. The van der Waals surface area contributed by atoms with Crippen LogP contribution >= 0.6 is 23.2 Å². The molecule has 0 amide bonds. The van der Waals surface area contributed by atoms with Gasteiger partial charge >= 0.3 is 0 Å². The van der Waals surface area contributed by atoms with Crippen LogP contribution in [0.15, 0.2) is 12.1 Å². The van der Waals surface area contributed by atoms with Crippen molar-refractivity contribution in [2.75, 3.05) is 13.1 Å². The monoisotopic (exact) mass is 246 g/mol. The summed E-state index contributed by atoms with van der Waals surface area (Å²) in [5, 5.41) is 10.2. The van der Waals surface area contributed by atoms with E-state index in [4.69, 9.17) is 23.2 Å². The summed E-state index contributed by atoms with van der Waals surface area (Å²) in [6, 6.07) is 3.61. The van der Waals surface area contributed by atoms with E-state index in [1.807, 2.05) is 0 Å². The molecule has 1 fully saturated rings. The lowest BCUT2D eigenvalue weighted by Crippen LogP contribution is -2.21. The maximum atomic E-state index is 9.38. The molecular formula is C10H12Cl2N2O. The molecule has 1 saturated heterocycles. The summed E-state index contributed by atoms with van der Waals surface area (Å²) in [5.41, 5.74) is 1.04. The minimum atomic E-state index is -0.196. The van der Waals surface area contributed by atoms with Crippen LogP contribution in [0.3, 0.4) is 0 Å². The molecule has 1 aliphatic rings. The molecule has 1 aliphatic heterocycles. The van der Waals surface area contributed by atoms with Gasteiger partial charge in [0.15, 0.2) is 0 Å². The maximum Gasteiger partial charge on any atom is 0.131 e. The highest BCUT2D eigenvalue weighted by molar-refractivity contribution is 6.32. The summed E-state index contributed by atoms with van der Waals surface area (Å²) in [4.78, 5) is 6.06. The summed E-state index contributed by atoms with van der Waals surface area (Å²) >= 11 is 11.6. The molecule has 1 N–H and O–H groups in total. The molecule has 1 aromatic rings. The van der Waals surface area contributed by atoms with Crippen molar-refractivity contribution in [1.82, 2.24) is 9.88 Å². The second-order valence-corrected chi connectivity index (χ2v) is 4.57. The van der Waals surface area contributed by atoms with E-state index in [1.54, 1.807) is 12.1 Å². The molecule has 0 aromatic carbocycles. The second-order valence-electron chi connectivity index (χ2n) is 3.80. The van der Waals surface area contributed by atoms with Gasteiger partial charge in [-0.1, -0.05) is 23.2 Å². The normalized spacial score (nSPS) is 22.2. The molecule has 0 saturated carbocycles. The van der Waals surface area contributed by atoms with E-state index in [9.17, 15) is 5.11 Å². The lowest BCUT2D eigenvalue weighted by molar-refractivity contribution is 0.175. The SMILES string of the molecule is O[C@@H]1CCN(Cc2cc(Cl)nc(Cl)c2)C1. The molecule has 0 spiro atoms. The van der Waals surface area contributed by atoms with Gasteiger partial charge in [-0.3, -0.25) is 4.90 Å². The van der Waals surface area contributed by atoms with Crippen molar-refractivity contribution in [2.24, 2.45) is 0 Å². The Kier molecular flexibility index (Phi) is 3.46. The predicted octanol–water partition coefficient (Wildman–Crippen LogP) is 1.95. The zero-order valence-corrected chi connectivity index (χ0v) is 9.67. The van der Waals surface area contributed by atoms with Crippen LogP contribution in [0.5, 0.6) is 0 Å². The molecule has 2 heterocycles. The number of hydrogen-bond donors (Lipinski definition) is 1. The van der Waals surface area contributed by atoms with Gasteiger partial charge in [0.2, 0.25) is 0 Å². The number of aliphatic hydroxyl groups is 1. The van der Waals surface area contributed by atoms with E-state index >= 15 is 0 Å². The Morgan fingerprint density at radius 3 is 2.60 bits per heavy atom. The molecule has 0 aliphatic carbocycles. The van der Waals surface area contributed by atoms with Crippen LogP contribution in [-0.4, -0.2) is 34.2 Å². The number of aromatic nitrogens is 1. The van der Waals surface area contributed by atoms with Gasteiger partial charge in [-0.05, 0) is 24.1 Å². The Bertz CT molecular complexity index is 339. The minimum absolute atomic E-state index is 0.196. The number of rotatable bonds is 2. The number of likely N-dealkylation sites (tertiary alicyclic amines) is 1. The molecule has 5 heteroatoms. The first kappa shape index (κ1) is 11.1. The molecule has 1 atom stereocenters. The zero-order chi connectivity index (χ0) is 10.8. The highest BCUT2D eigenvalue weighted by atomic mass is 35.5. The summed E-state index contributed by atoms with van der Waals surface area (Å²) < 4.78 is 0. The Hall–Kier alpha value is -0.350. The lowest BCUT2D eigenvalue weighted by Gasteiger charge is -2.14. The van der Waals surface area contributed by atoms with Gasteiger partial charge in [0.1, 0.15) is 10.3 Å². The molecule has 0 unspecified atom stereocenters. The average molecular weight is 247 g/mol. The van der Waals surface area contributed by atoms with E-state index < -0.39 is 0 Å². The van der Waals surface area contributed by atoms with Crippen molar-refractivity contribution in [3.05, 3.63) is 28.0 Å². The smallest absolute Gasteiger partial charge is 0.131 e. The number of β-amino-alcohol motifs (C(OH)–C–C–N with tert-alkyl or cyclic N) is 1. The van der Waals surface area contributed by atoms with E-state index in [-0.39, 0.29) is 6.10 Å². The topological polar surface area (TPSA) is 36.4 Å². The van der Waals surface area contributed by atoms with Crippen LogP contribution in [0.25, 0.3) is 0 Å². The fraction of sp³-hybridized carbons (Fsp3) is 0.500. The van der Waals surface area contributed by atoms with Crippen molar-refractivity contribution < 1.29 is 5.11 Å². The minimum Gasteiger partial charge on any atom is -0.392 e. The second kappa shape index (κ2) is 4.66. The van der Waals surface area contributed by atoms with Crippen molar-refractivity contribution in [3.8, 4) is 0 Å². The van der Waals surface area contributed by atoms with Crippen LogP contribution < -0.4 is 0 Å². The quantitative estimate of drug-likeness (QED) is 0.811. The zero-order valence-electron chi connectivity index (χ0n) is 8.16. The highest BCUT2D eigenvalue weighted by Gasteiger charge is 2.20. The molecule has 2 rings (SSSR count). The van der Waals surface area contributed by atoms with Crippen LogP contribution in [0.2, 0.25) is 10.3 Å². The Labute approximate surface area is 98.6 Å². The van der Waals surface area contributed by atoms with Gasteiger partial charge < -0.3 is 5.11 Å². The standard InChI is InChI=1S/C10H12Cl2N2O/c11-9-3-7(4-10(12)13-9)5-14-2-1-8(15)6-14/h3-4,8,15H,1-2,5-6H2/t8-/m1/s1. The Morgan fingerprint density at radius 1 is 1.40 bits per heavy atom. The van der Waals surface area contributed by atoms with Crippen LogP contribution in [0, 0.1) is 0 Å². The molecule has 15 heavy (non-hydrogen) atoms. The van der Waals surface area contributed by atoms with Gasteiger partial charge in [-0.15, -0.1) is 0 Å². The first-order valence-corrected chi connectivity index (χ1v) is 5.61. The van der Waals surface area contributed by atoms with E-state index in [0.717, 1.165) is 31.6 Å². The van der Waals surface area contributed by atoms with Crippen molar-refractivity contribution >= 4 is 23.2 Å². The largest absolute Gasteiger partial charge is 0.392 e. The number of hydrogen-bond acceptors (Lipinski definition) is 3. The molecule has 0 radical (unpaired) electrons. The predicted molar refractivity (Wildman–Crippen MR) is 60.2 cm³/mol. The van der Waals surface area contributed by atoms with Crippen molar-refractivity contribution in [3.63, 3.8) is 0 Å². The Balaban J connectivity index is 2.04. The number of aliphatic hydroxyl groups excluding tert-OH is 1. The van der Waals surface area contributed by atoms with Gasteiger partial charge in [0.05, 0.1) is 6.10 Å². The third kappa shape index (κ3) is 3.05. The molecule has 1 aromatic heterocycles. The third-order valence-electron chi connectivity index (χ3n) is 2.48. The molecule has 82 valence electrons. The van der Waals surface area contributed by atoms with Gasteiger partial charge in [-0.2, -0.15) is 0 Å². The fourth-order valence-corrected chi connectivity index (χ4v) is 2.33. The van der Waals surface area contributed by atoms with Gasteiger partial charge in [0.25, 0.3) is 0 Å². The fourth-order valence-electron chi connectivity index (χ4n) is 1.82. The highest BCUT2D eigenvalue weighted by Crippen LogP contribution is 2.18. The molecule has 3 nitrogen and oxygen atoms in total. The van der Waals surface area contributed by atoms with Crippen LogP contribution in [0.4, 0.5) is 0 Å². The van der Waals surface area contributed by atoms with Crippen molar-refractivity contribution in [1.29, 1.82) is 0 Å². The summed E-state index contributed by atoms with van der Waals surface area (Å²) in [6.45, 7) is 2.40. The van der Waals surface area contributed by atoms with Crippen LogP contribution in [-0.2, 0) is 6.54 Å². The summed E-state index contributed by atoms with van der Waals surface area (Å²) in [7, 11) is 0. The van der Waals surface area contributed by atoms with E-state index in [2.05, 4.69) is 9.88 Å². The molecule has 0 bridgehead atoms. The van der Waals surface area contributed by atoms with Gasteiger partial charge in [0, 0.05) is 19.6 Å². The van der Waals surface area contributed by atoms with Crippen molar-refractivity contribution in [2.45, 2.75) is 19.1 Å². The van der Waals surface area contributed by atoms with E-state index in [1.165, 1.54) is 0 Å². The number of pyridine rings is 1. The van der Waals surface area contributed by atoms with Gasteiger partial charge in [-0.25, -0.2) is 4.98 Å². The molecular weight excluding hydrogens is 235 g/mol. The van der Waals surface area contributed by atoms with E-state index in [0.29, 0.717) is 10.3 Å². The average Bonchev–Trinajstić information content (AvgIpc) is 2.49. The maximum absolute atomic E-state index is 9.38. The Morgan fingerprint density at radius 2 is 2.07 bits per heavy atom. The number of halogens is 2. The first-order chi connectivity index (χ1) is 7.13. The summed E-state index contributed by atoms with van der Waals surface area (Å²) in [6.07, 6.45) is 0.643. The first-order valence-electron chi connectivity index (χ1n) is 4.86. The summed E-state index contributed by atoms with van der Waals surface area (Å²) in [5.74, 6) is 0. The lowest BCUT2D eigenvalue weighted by atomic mass is 10.2. The number of nitrogens with zero attached hydrogens (tertiary/aromatic N) is 2. The van der Waals surface area contributed by atoms with Crippen LogP contribution in [0.1, 0.15) is 12.0 Å².